The van der Waals surface area contributed by atoms with Crippen molar-refractivity contribution in [2.45, 2.75) is 31.3 Å². The maximum absolute atomic E-state index is 10.6. The second kappa shape index (κ2) is 3.50. The average molecular weight is 181 g/mol. The maximum Gasteiger partial charge on any atom is 0.264 e. The monoisotopic (exact) mass is 181 g/mol. The third-order valence-corrected chi connectivity index (χ3v) is 6.43. The summed E-state index contributed by atoms with van der Waals surface area (Å²) >= 11 is 0. The zero-order valence-electron chi connectivity index (χ0n) is 6.46. The van der Waals surface area contributed by atoms with Crippen LogP contribution in [0.15, 0.2) is 0 Å². The van der Waals surface area contributed by atoms with E-state index in [4.69, 9.17) is 4.55 Å². The predicted molar refractivity (Wildman–Crippen MR) is 43.1 cm³/mol. The summed E-state index contributed by atoms with van der Waals surface area (Å²) in [5.41, 5.74) is 0. The van der Waals surface area contributed by atoms with Crippen LogP contribution in [0.2, 0.25) is 13.1 Å². The summed E-state index contributed by atoms with van der Waals surface area (Å²) in [6.07, 6.45) is 0.514. The normalized spacial score (nSPS) is 15.7. The lowest BCUT2D eigenvalue weighted by molar-refractivity contribution is 0.477. The van der Waals surface area contributed by atoms with Crippen LogP contribution in [0.5, 0.6) is 0 Å². The molecular weight excluding hydrogens is 168 g/mol. The molecule has 0 saturated heterocycles. The molecule has 0 bridgehead atoms. The van der Waals surface area contributed by atoms with Crippen LogP contribution < -0.4 is 0 Å². The molecule has 0 amide bonds. The van der Waals surface area contributed by atoms with Gasteiger partial charge in [-0.1, -0.05) is 20.0 Å². The molecule has 0 spiro atoms. The Labute approximate surface area is 63.8 Å². The van der Waals surface area contributed by atoms with E-state index in [1.54, 1.807) is 6.92 Å². The van der Waals surface area contributed by atoms with Crippen molar-refractivity contribution in [1.29, 1.82) is 0 Å². The van der Waals surface area contributed by atoms with Gasteiger partial charge in [-0.05, 0) is 6.42 Å². The fourth-order valence-corrected chi connectivity index (χ4v) is 4.54. The second-order valence-electron chi connectivity index (χ2n) is 2.49. The van der Waals surface area contributed by atoms with Gasteiger partial charge in [-0.3, -0.25) is 4.55 Å². The van der Waals surface area contributed by atoms with Gasteiger partial charge in [0, 0.05) is 0 Å². The number of hydrogen-bond acceptors (Lipinski definition) is 2. The molecule has 0 rings (SSSR count). The highest BCUT2D eigenvalue weighted by Crippen LogP contribution is 2.07. The Bertz CT molecular complexity index is 185. The maximum atomic E-state index is 10.6. The van der Waals surface area contributed by atoms with Crippen LogP contribution in [-0.4, -0.2) is 26.6 Å². The van der Waals surface area contributed by atoms with Crippen molar-refractivity contribution in [3.63, 3.8) is 0 Å². The van der Waals surface area contributed by atoms with Crippen molar-refractivity contribution < 1.29 is 13.0 Å². The lowest BCUT2D eigenvalue weighted by Crippen LogP contribution is -2.32. The second-order valence-corrected chi connectivity index (χ2v) is 7.36. The van der Waals surface area contributed by atoms with E-state index >= 15 is 0 Å². The highest BCUT2D eigenvalue weighted by Gasteiger charge is 2.24. The van der Waals surface area contributed by atoms with Crippen LogP contribution in [0.1, 0.15) is 13.3 Å². The van der Waals surface area contributed by atoms with Crippen LogP contribution in [0.4, 0.5) is 0 Å². The largest absolute Gasteiger partial charge is 0.286 e. The molecule has 1 radical (unpaired) electrons. The molecule has 0 aliphatic rings. The molecule has 1 atom stereocenters. The number of rotatable bonds is 3. The van der Waals surface area contributed by atoms with Crippen LogP contribution in [-0.2, 0) is 10.1 Å². The summed E-state index contributed by atoms with van der Waals surface area (Å²) in [5.74, 6) is 0. The SMILES string of the molecule is CCC([Si](C)C)S(=O)(=O)O. The van der Waals surface area contributed by atoms with Crippen LogP contribution in [0.3, 0.4) is 0 Å². The highest BCUT2D eigenvalue weighted by molar-refractivity contribution is 7.88. The third kappa shape index (κ3) is 2.81. The lowest BCUT2D eigenvalue weighted by Gasteiger charge is -2.12. The van der Waals surface area contributed by atoms with Gasteiger partial charge in [-0.25, -0.2) is 0 Å². The van der Waals surface area contributed by atoms with Crippen molar-refractivity contribution in [3.8, 4) is 0 Å². The van der Waals surface area contributed by atoms with Crippen LogP contribution in [0, 0.1) is 0 Å². The van der Waals surface area contributed by atoms with E-state index in [-0.39, 0.29) is 0 Å². The van der Waals surface area contributed by atoms with Gasteiger partial charge in [0.1, 0.15) is 0 Å². The molecule has 1 unspecified atom stereocenters. The van der Waals surface area contributed by atoms with Gasteiger partial charge in [-0.15, -0.1) is 0 Å². The Morgan fingerprint density at radius 1 is 1.50 bits per heavy atom. The van der Waals surface area contributed by atoms with Gasteiger partial charge in [0.25, 0.3) is 10.1 Å². The molecule has 0 aromatic rings. The van der Waals surface area contributed by atoms with Crippen LogP contribution in [0.25, 0.3) is 0 Å². The first-order chi connectivity index (χ1) is 4.39. The predicted octanol–water partition coefficient (Wildman–Crippen LogP) is 0.946. The molecule has 0 aromatic carbocycles. The first-order valence-electron chi connectivity index (χ1n) is 3.16. The van der Waals surface area contributed by atoms with Crippen LogP contribution >= 0.6 is 0 Å². The molecule has 61 valence electrons. The summed E-state index contributed by atoms with van der Waals surface area (Å²) in [4.78, 5) is -0.502. The summed E-state index contributed by atoms with van der Waals surface area (Å²) < 4.78 is 29.8. The molecule has 0 aliphatic heterocycles. The Morgan fingerprint density at radius 2 is 1.90 bits per heavy atom. The van der Waals surface area contributed by atoms with Crippen molar-refractivity contribution >= 4 is 18.9 Å². The quantitative estimate of drug-likeness (QED) is 0.521. The van der Waals surface area contributed by atoms with E-state index < -0.39 is 23.8 Å². The summed E-state index contributed by atoms with van der Waals surface area (Å²) in [7, 11) is -4.69. The fraction of sp³-hybridized carbons (Fsp3) is 1.00. The zero-order chi connectivity index (χ0) is 8.36. The van der Waals surface area contributed by atoms with E-state index in [1.807, 2.05) is 13.1 Å². The Morgan fingerprint density at radius 3 is 1.90 bits per heavy atom. The highest BCUT2D eigenvalue weighted by atomic mass is 32.2. The van der Waals surface area contributed by atoms with Crippen molar-refractivity contribution in [3.05, 3.63) is 0 Å². The topological polar surface area (TPSA) is 54.4 Å². The molecule has 0 heterocycles. The first-order valence-corrected chi connectivity index (χ1v) is 7.24. The minimum atomic E-state index is -3.77. The molecule has 5 heteroatoms. The zero-order valence-corrected chi connectivity index (χ0v) is 8.27. The van der Waals surface area contributed by atoms with Gasteiger partial charge in [-0.2, -0.15) is 8.42 Å². The minimum absolute atomic E-state index is 0.502. The van der Waals surface area contributed by atoms with Crippen molar-refractivity contribution in [1.82, 2.24) is 0 Å². The molecule has 1 N–H and O–H groups in total. The van der Waals surface area contributed by atoms with Crippen molar-refractivity contribution in [2.75, 3.05) is 0 Å². The molecule has 0 aromatic heterocycles. The Hall–Kier alpha value is 0.127. The van der Waals surface area contributed by atoms with Gasteiger partial charge in [0.05, 0.1) is 13.7 Å². The third-order valence-electron chi connectivity index (χ3n) is 1.37. The number of hydrogen-bond donors (Lipinski definition) is 1. The fourth-order valence-electron chi connectivity index (χ4n) is 0.917. The molecular formula is C5H13O3SSi. The lowest BCUT2D eigenvalue weighted by atomic mass is 10.6. The van der Waals surface area contributed by atoms with E-state index in [0.29, 0.717) is 6.42 Å². The van der Waals surface area contributed by atoms with E-state index in [2.05, 4.69) is 0 Å². The van der Waals surface area contributed by atoms with E-state index in [9.17, 15) is 8.42 Å². The molecule has 3 nitrogen and oxygen atoms in total. The van der Waals surface area contributed by atoms with Gasteiger partial charge >= 0.3 is 0 Å². The van der Waals surface area contributed by atoms with E-state index in [1.165, 1.54) is 0 Å². The minimum Gasteiger partial charge on any atom is -0.286 e. The van der Waals surface area contributed by atoms with Crippen molar-refractivity contribution in [2.24, 2.45) is 0 Å². The van der Waals surface area contributed by atoms with Gasteiger partial charge in [0.2, 0.25) is 0 Å². The Balaban J connectivity index is 4.38. The summed E-state index contributed by atoms with van der Waals surface area (Å²) in [6.45, 7) is 5.54. The molecule has 10 heavy (non-hydrogen) atoms. The Kier molecular flexibility index (Phi) is 3.54. The average Bonchev–Trinajstić information content (AvgIpc) is 1.60. The smallest absolute Gasteiger partial charge is 0.264 e. The molecule has 0 fully saturated rings. The van der Waals surface area contributed by atoms with E-state index in [0.717, 1.165) is 0 Å². The molecule has 0 saturated carbocycles. The summed E-state index contributed by atoms with van der Waals surface area (Å²) in [6, 6.07) is 0. The van der Waals surface area contributed by atoms with Gasteiger partial charge < -0.3 is 0 Å². The molecule has 0 aliphatic carbocycles. The first kappa shape index (κ1) is 10.1. The summed E-state index contributed by atoms with van der Waals surface area (Å²) in [5, 5.41) is 0. The standard InChI is InChI=1S/C5H13O3SSi/c1-4-5(10(2)3)9(6,7)8/h5H,4H2,1-3H3,(H,6,7,8). The van der Waals surface area contributed by atoms with Gasteiger partial charge in [0.15, 0.2) is 0 Å².